The van der Waals surface area contributed by atoms with Gasteiger partial charge in [-0.05, 0) is 68.3 Å². The number of benzene rings is 3. The Balaban J connectivity index is 1.90. The Morgan fingerprint density at radius 1 is 0.909 bits per heavy atom. The number of anilines is 2. The first-order valence-electron chi connectivity index (χ1n) is 9.67. The van der Waals surface area contributed by atoms with Gasteiger partial charge in [0.1, 0.15) is 0 Å². The molecule has 1 amide bonds. The third kappa shape index (κ3) is 5.66. The van der Waals surface area contributed by atoms with Gasteiger partial charge >= 0.3 is 6.18 Å². The van der Waals surface area contributed by atoms with E-state index in [2.05, 4.69) is 10.0 Å². The van der Waals surface area contributed by atoms with E-state index in [1.807, 2.05) is 13.0 Å². The first kappa shape index (κ1) is 24.6. The monoisotopic (exact) mass is 496 g/mol. The van der Waals surface area contributed by atoms with Gasteiger partial charge in [0.25, 0.3) is 15.9 Å². The fraction of sp³-hybridized carbons (Fsp3) is 0.174. The van der Waals surface area contributed by atoms with Crippen molar-refractivity contribution >= 4 is 38.9 Å². The molecule has 0 aliphatic rings. The summed E-state index contributed by atoms with van der Waals surface area (Å²) in [5.74, 6) is -0.770. The van der Waals surface area contributed by atoms with E-state index in [1.165, 1.54) is 24.3 Å². The summed E-state index contributed by atoms with van der Waals surface area (Å²) in [5, 5.41) is 1.85. The van der Waals surface area contributed by atoms with Gasteiger partial charge in [0, 0.05) is 11.3 Å². The molecule has 0 aliphatic carbocycles. The molecule has 0 atom stereocenters. The van der Waals surface area contributed by atoms with Crippen LogP contribution in [0.15, 0.2) is 59.5 Å². The van der Waals surface area contributed by atoms with Crippen LogP contribution in [0.5, 0.6) is 0 Å². The summed E-state index contributed by atoms with van der Waals surface area (Å²) < 4.78 is 67.8. The molecule has 3 rings (SSSR count). The van der Waals surface area contributed by atoms with Crippen LogP contribution in [0.1, 0.15) is 32.6 Å². The number of amides is 1. The standard InChI is InChI=1S/C23H20ClF3N2O3S/c1-13-4-9-20(15(3)10-13)29-33(31,32)21-11-16(6-5-14(21)2)22(30)28-17-7-8-19(24)18(12-17)23(25,26)27/h4-12,29H,1-3H3,(H,28,30). The maximum Gasteiger partial charge on any atom is 0.417 e. The van der Waals surface area contributed by atoms with Crippen LogP contribution in [-0.2, 0) is 16.2 Å². The smallest absolute Gasteiger partial charge is 0.322 e. The lowest BCUT2D eigenvalue weighted by Crippen LogP contribution is -2.18. The number of alkyl halides is 3. The summed E-state index contributed by atoms with van der Waals surface area (Å²) in [6.07, 6.45) is -4.69. The van der Waals surface area contributed by atoms with Gasteiger partial charge in [-0.15, -0.1) is 0 Å². The van der Waals surface area contributed by atoms with Crippen molar-refractivity contribution in [2.24, 2.45) is 0 Å². The molecule has 5 nitrogen and oxygen atoms in total. The number of nitrogens with one attached hydrogen (secondary N) is 2. The van der Waals surface area contributed by atoms with Gasteiger partial charge in [0.15, 0.2) is 0 Å². The number of aryl methyl sites for hydroxylation is 3. The quantitative estimate of drug-likeness (QED) is 0.433. The Hall–Kier alpha value is -3.04. The fourth-order valence-electron chi connectivity index (χ4n) is 3.18. The lowest BCUT2D eigenvalue weighted by molar-refractivity contribution is -0.137. The van der Waals surface area contributed by atoms with Crippen LogP contribution in [0.25, 0.3) is 0 Å². The summed E-state index contributed by atoms with van der Waals surface area (Å²) >= 11 is 5.60. The minimum atomic E-state index is -4.69. The minimum Gasteiger partial charge on any atom is -0.322 e. The van der Waals surface area contributed by atoms with Gasteiger partial charge in [0.05, 0.1) is 21.2 Å². The molecular formula is C23H20ClF3N2O3S. The van der Waals surface area contributed by atoms with Crippen LogP contribution in [0.2, 0.25) is 5.02 Å². The molecule has 0 heterocycles. The summed E-state index contributed by atoms with van der Waals surface area (Å²) in [7, 11) is -4.04. The van der Waals surface area contributed by atoms with E-state index in [0.717, 1.165) is 17.2 Å². The second-order valence-electron chi connectivity index (χ2n) is 7.55. The van der Waals surface area contributed by atoms with E-state index < -0.39 is 32.7 Å². The molecule has 0 bridgehead atoms. The third-order valence-corrected chi connectivity index (χ3v) is 6.73. The molecule has 0 radical (unpaired) electrons. The number of halogens is 4. The van der Waals surface area contributed by atoms with Crippen LogP contribution in [0, 0.1) is 20.8 Å². The first-order chi connectivity index (χ1) is 15.3. The summed E-state index contributed by atoms with van der Waals surface area (Å²) in [6, 6.07) is 12.2. The summed E-state index contributed by atoms with van der Waals surface area (Å²) in [4.78, 5) is 12.5. The lowest BCUT2D eigenvalue weighted by Gasteiger charge is -2.14. The van der Waals surface area contributed by atoms with E-state index >= 15 is 0 Å². The molecule has 0 fully saturated rings. The number of rotatable bonds is 5. The van der Waals surface area contributed by atoms with Crippen LogP contribution >= 0.6 is 11.6 Å². The molecule has 174 valence electrons. The Bertz CT molecular complexity index is 1340. The predicted octanol–water partition coefficient (Wildman–Crippen LogP) is 6.34. The van der Waals surface area contributed by atoms with Crippen LogP contribution in [-0.4, -0.2) is 14.3 Å². The summed E-state index contributed by atoms with van der Waals surface area (Å²) in [6.45, 7) is 5.23. The highest BCUT2D eigenvalue weighted by Crippen LogP contribution is 2.36. The van der Waals surface area contributed by atoms with Crippen LogP contribution in [0.3, 0.4) is 0 Å². The van der Waals surface area contributed by atoms with E-state index in [-0.39, 0.29) is 16.1 Å². The molecule has 33 heavy (non-hydrogen) atoms. The van der Waals surface area contributed by atoms with Crippen molar-refractivity contribution in [2.45, 2.75) is 31.8 Å². The molecule has 0 spiro atoms. The van der Waals surface area contributed by atoms with Crippen molar-refractivity contribution in [3.63, 3.8) is 0 Å². The summed E-state index contributed by atoms with van der Waals surface area (Å²) in [5.41, 5.74) is 1.24. The average Bonchev–Trinajstić information content (AvgIpc) is 2.70. The zero-order valence-electron chi connectivity index (χ0n) is 17.8. The van der Waals surface area contributed by atoms with Crippen LogP contribution in [0.4, 0.5) is 24.5 Å². The van der Waals surface area contributed by atoms with Crippen molar-refractivity contribution in [1.29, 1.82) is 0 Å². The Kier molecular flexibility index (Phi) is 6.76. The Labute approximate surface area is 194 Å². The third-order valence-electron chi connectivity index (χ3n) is 4.90. The normalized spacial score (nSPS) is 11.8. The van der Waals surface area contributed by atoms with Gasteiger partial charge in [-0.3, -0.25) is 9.52 Å². The molecule has 3 aromatic rings. The molecule has 0 saturated carbocycles. The highest BCUT2D eigenvalue weighted by atomic mass is 35.5. The number of hydrogen-bond acceptors (Lipinski definition) is 3. The molecular weight excluding hydrogens is 477 g/mol. The van der Waals surface area contributed by atoms with E-state index in [9.17, 15) is 26.4 Å². The van der Waals surface area contributed by atoms with E-state index in [4.69, 9.17) is 11.6 Å². The van der Waals surface area contributed by atoms with Crippen molar-refractivity contribution < 1.29 is 26.4 Å². The van der Waals surface area contributed by atoms with E-state index in [0.29, 0.717) is 17.3 Å². The second-order valence-corrected chi connectivity index (χ2v) is 9.61. The fourth-order valence-corrected chi connectivity index (χ4v) is 4.81. The predicted molar refractivity (Wildman–Crippen MR) is 122 cm³/mol. The molecule has 10 heteroatoms. The molecule has 0 aromatic heterocycles. The van der Waals surface area contributed by atoms with Crippen molar-refractivity contribution in [1.82, 2.24) is 0 Å². The zero-order valence-corrected chi connectivity index (χ0v) is 19.4. The Morgan fingerprint density at radius 2 is 1.61 bits per heavy atom. The first-order valence-corrected chi connectivity index (χ1v) is 11.5. The van der Waals surface area contributed by atoms with Gasteiger partial charge in [-0.2, -0.15) is 13.2 Å². The van der Waals surface area contributed by atoms with Crippen molar-refractivity contribution in [2.75, 3.05) is 10.0 Å². The topological polar surface area (TPSA) is 75.3 Å². The Morgan fingerprint density at radius 3 is 2.24 bits per heavy atom. The number of carbonyl (C=O) groups is 1. The van der Waals surface area contributed by atoms with Crippen LogP contribution < -0.4 is 10.0 Å². The van der Waals surface area contributed by atoms with Gasteiger partial charge in [-0.25, -0.2) is 8.42 Å². The highest BCUT2D eigenvalue weighted by molar-refractivity contribution is 7.92. The maximum atomic E-state index is 13.1. The maximum absolute atomic E-state index is 13.1. The number of hydrogen-bond donors (Lipinski definition) is 2. The van der Waals surface area contributed by atoms with Crippen molar-refractivity contribution in [3.05, 3.63) is 87.4 Å². The van der Waals surface area contributed by atoms with Gasteiger partial charge in [0.2, 0.25) is 0 Å². The second kappa shape index (κ2) is 9.07. The number of sulfonamides is 1. The SMILES string of the molecule is Cc1ccc(NS(=O)(=O)c2cc(C(=O)Nc3ccc(Cl)c(C(F)(F)F)c3)ccc2C)c(C)c1. The van der Waals surface area contributed by atoms with Crippen molar-refractivity contribution in [3.8, 4) is 0 Å². The molecule has 0 unspecified atom stereocenters. The average molecular weight is 497 g/mol. The molecule has 2 N–H and O–H groups in total. The largest absolute Gasteiger partial charge is 0.417 e. The molecule has 0 aliphatic heterocycles. The molecule has 0 saturated heterocycles. The van der Waals surface area contributed by atoms with Gasteiger partial charge in [-0.1, -0.05) is 35.4 Å². The minimum absolute atomic E-state index is 0.0369. The van der Waals surface area contributed by atoms with Gasteiger partial charge < -0.3 is 5.32 Å². The highest BCUT2D eigenvalue weighted by Gasteiger charge is 2.33. The number of carbonyl (C=O) groups excluding carboxylic acids is 1. The lowest BCUT2D eigenvalue weighted by atomic mass is 10.1. The zero-order chi connectivity index (χ0) is 24.6. The van der Waals surface area contributed by atoms with E-state index in [1.54, 1.807) is 26.0 Å². The molecule has 3 aromatic carbocycles.